The maximum Gasteiger partial charge on any atom is 0.263 e. The van der Waals surface area contributed by atoms with Crippen LogP contribution in [0.25, 0.3) is 0 Å². The first-order valence-electron chi connectivity index (χ1n) is 8.61. The van der Waals surface area contributed by atoms with Gasteiger partial charge in [-0.15, -0.1) is 0 Å². The summed E-state index contributed by atoms with van der Waals surface area (Å²) < 4.78 is 40.6. The van der Waals surface area contributed by atoms with E-state index < -0.39 is 15.8 Å². The van der Waals surface area contributed by atoms with Crippen LogP contribution in [0.5, 0.6) is 0 Å². The number of sulfonamides is 1. The molecule has 1 aromatic heterocycles. The van der Waals surface area contributed by atoms with Crippen LogP contribution in [-0.2, 0) is 10.0 Å². The van der Waals surface area contributed by atoms with Gasteiger partial charge in [0.05, 0.1) is 16.8 Å². The zero-order chi connectivity index (χ0) is 18.7. The highest BCUT2D eigenvalue weighted by molar-refractivity contribution is 7.92. The van der Waals surface area contributed by atoms with Crippen molar-refractivity contribution in [3.05, 3.63) is 47.9 Å². The van der Waals surface area contributed by atoms with Crippen LogP contribution in [0.15, 0.2) is 41.4 Å². The van der Waals surface area contributed by atoms with Gasteiger partial charge in [0, 0.05) is 26.2 Å². The average Bonchev–Trinajstić information content (AvgIpc) is 2.62. The van der Waals surface area contributed by atoms with Crippen LogP contribution >= 0.6 is 0 Å². The summed E-state index contributed by atoms with van der Waals surface area (Å²) in [5, 5.41) is 0. The smallest absolute Gasteiger partial charge is 0.263 e. The highest BCUT2D eigenvalue weighted by Crippen LogP contribution is 2.21. The monoisotopic (exact) mass is 378 g/mol. The molecule has 0 atom stereocenters. The van der Waals surface area contributed by atoms with Gasteiger partial charge in [0.15, 0.2) is 0 Å². The Balaban J connectivity index is 1.71. The van der Waals surface area contributed by atoms with Crippen molar-refractivity contribution in [2.45, 2.75) is 18.7 Å². The number of anilines is 2. The van der Waals surface area contributed by atoms with Gasteiger partial charge in [0.25, 0.3) is 10.0 Å². The van der Waals surface area contributed by atoms with Crippen LogP contribution in [0.2, 0.25) is 0 Å². The van der Waals surface area contributed by atoms with Gasteiger partial charge in [0.1, 0.15) is 11.6 Å². The average molecular weight is 378 g/mol. The van der Waals surface area contributed by atoms with Gasteiger partial charge >= 0.3 is 0 Å². The van der Waals surface area contributed by atoms with Crippen molar-refractivity contribution in [2.24, 2.45) is 0 Å². The number of rotatable bonds is 5. The van der Waals surface area contributed by atoms with E-state index >= 15 is 0 Å². The quantitative estimate of drug-likeness (QED) is 0.866. The molecule has 26 heavy (non-hydrogen) atoms. The number of likely N-dealkylation sites (N-methyl/N-ethyl adjacent to an activating group) is 1. The third-order valence-corrected chi connectivity index (χ3v) is 6.11. The Morgan fingerprint density at radius 3 is 2.46 bits per heavy atom. The van der Waals surface area contributed by atoms with Gasteiger partial charge in [-0.25, -0.2) is 17.8 Å². The van der Waals surface area contributed by atoms with Gasteiger partial charge in [-0.05, 0) is 49.4 Å². The first kappa shape index (κ1) is 18.6. The SMILES string of the molecule is CCN1CCN(c2ccc(NS(=O)(=O)c3ccc(F)cc3C)nc2)CC1. The summed E-state index contributed by atoms with van der Waals surface area (Å²) in [6, 6.07) is 7.10. The Kier molecular flexibility index (Phi) is 5.43. The second-order valence-corrected chi connectivity index (χ2v) is 7.99. The molecule has 0 saturated carbocycles. The number of halogens is 1. The molecule has 0 radical (unpaired) electrons. The Labute approximate surface area is 153 Å². The number of benzene rings is 1. The van der Waals surface area contributed by atoms with Gasteiger partial charge in [-0.3, -0.25) is 4.72 Å². The lowest BCUT2D eigenvalue weighted by Crippen LogP contribution is -2.46. The van der Waals surface area contributed by atoms with Crippen LogP contribution in [-0.4, -0.2) is 51.0 Å². The number of pyridine rings is 1. The minimum absolute atomic E-state index is 0.0421. The van der Waals surface area contributed by atoms with Crippen LogP contribution < -0.4 is 9.62 Å². The number of nitrogens with zero attached hydrogens (tertiary/aromatic N) is 3. The molecule has 0 spiro atoms. The summed E-state index contributed by atoms with van der Waals surface area (Å²) in [4.78, 5) is 8.90. The first-order valence-corrected chi connectivity index (χ1v) is 10.1. The topological polar surface area (TPSA) is 65.5 Å². The van der Waals surface area contributed by atoms with Crippen LogP contribution in [0, 0.1) is 12.7 Å². The normalized spacial score (nSPS) is 15.9. The van der Waals surface area contributed by atoms with Gasteiger partial charge in [-0.2, -0.15) is 0 Å². The molecule has 0 bridgehead atoms. The molecule has 140 valence electrons. The summed E-state index contributed by atoms with van der Waals surface area (Å²) in [7, 11) is -3.81. The molecule has 0 amide bonds. The lowest BCUT2D eigenvalue weighted by Gasteiger charge is -2.35. The predicted octanol–water partition coefficient (Wildman–Crippen LogP) is 2.47. The van der Waals surface area contributed by atoms with Crippen molar-refractivity contribution in [1.29, 1.82) is 0 Å². The molecule has 0 unspecified atom stereocenters. The van der Waals surface area contributed by atoms with Crippen molar-refractivity contribution >= 4 is 21.5 Å². The van der Waals surface area contributed by atoms with Crippen molar-refractivity contribution in [1.82, 2.24) is 9.88 Å². The fourth-order valence-corrected chi connectivity index (χ4v) is 4.30. The standard InChI is InChI=1S/C18H23FN4O2S/c1-3-22-8-10-23(11-9-22)16-5-7-18(20-13-16)21-26(24,25)17-6-4-15(19)12-14(17)2/h4-7,12-13H,3,8-11H2,1-2H3,(H,20,21). The van der Waals surface area contributed by atoms with E-state index in [2.05, 4.69) is 26.4 Å². The van der Waals surface area contributed by atoms with E-state index in [4.69, 9.17) is 0 Å². The molecule has 1 saturated heterocycles. The Morgan fingerprint density at radius 1 is 1.15 bits per heavy atom. The van der Waals surface area contributed by atoms with Crippen molar-refractivity contribution in [2.75, 3.05) is 42.3 Å². The van der Waals surface area contributed by atoms with Gasteiger partial charge < -0.3 is 9.80 Å². The second-order valence-electron chi connectivity index (χ2n) is 6.34. The highest BCUT2D eigenvalue weighted by Gasteiger charge is 2.19. The number of piperazine rings is 1. The highest BCUT2D eigenvalue weighted by atomic mass is 32.2. The Bertz CT molecular complexity index is 863. The van der Waals surface area contributed by atoms with Crippen LogP contribution in [0.1, 0.15) is 12.5 Å². The summed E-state index contributed by atoms with van der Waals surface area (Å²) in [5.74, 6) is -0.225. The van der Waals surface area contributed by atoms with E-state index in [-0.39, 0.29) is 10.7 Å². The minimum atomic E-state index is -3.81. The lowest BCUT2D eigenvalue weighted by atomic mass is 10.2. The molecule has 1 aliphatic heterocycles. The van der Waals surface area contributed by atoms with E-state index in [1.807, 2.05) is 6.07 Å². The van der Waals surface area contributed by atoms with E-state index in [0.717, 1.165) is 44.5 Å². The lowest BCUT2D eigenvalue weighted by molar-refractivity contribution is 0.271. The molecule has 1 N–H and O–H groups in total. The van der Waals surface area contributed by atoms with Gasteiger partial charge in [-0.1, -0.05) is 6.92 Å². The fourth-order valence-electron chi connectivity index (χ4n) is 3.06. The number of aryl methyl sites for hydroxylation is 1. The third-order valence-electron chi connectivity index (χ3n) is 4.60. The van der Waals surface area contributed by atoms with Crippen molar-refractivity contribution in [3.8, 4) is 0 Å². The molecule has 1 aromatic carbocycles. The van der Waals surface area contributed by atoms with Crippen LogP contribution in [0.3, 0.4) is 0 Å². The summed E-state index contributed by atoms with van der Waals surface area (Å²) in [6.45, 7) is 8.63. The van der Waals surface area contributed by atoms with Crippen molar-refractivity contribution < 1.29 is 12.8 Å². The Morgan fingerprint density at radius 2 is 1.88 bits per heavy atom. The summed E-state index contributed by atoms with van der Waals surface area (Å²) in [5.41, 5.74) is 1.32. The van der Waals surface area contributed by atoms with E-state index in [1.54, 1.807) is 19.2 Å². The maximum absolute atomic E-state index is 13.2. The van der Waals surface area contributed by atoms with Crippen LogP contribution in [0.4, 0.5) is 15.9 Å². The molecule has 2 heterocycles. The second kappa shape index (κ2) is 7.59. The molecule has 6 nitrogen and oxygen atoms in total. The fraction of sp³-hybridized carbons (Fsp3) is 0.389. The Hall–Kier alpha value is -2.19. The number of hydrogen-bond donors (Lipinski definition) is 1. The van der Waals surface area contributed by atoms with E-state index in [9.17, 15) is 12.8 Å². The van der Waals surface area contributed by atoms with E-state index in [0.29, 0.717) is 5.56 Å². The van der Waals surface area contributed by atoms with E-state index in [1.165, 1.54) is 12.1 Å². The molecule has 8 heteroatoms. The molecule has 1 aliphatic rings. The minimum Gasteiger partial charge on any atom is -0.368 e. The predicted molar refractivity (Wildman–Crippen MR) is 101 cm³/mol. The maximum atomic E-state index is 13.2. The number of nitrogens with one attached hydrogen (secondary N) is 1. The van der Waals surface area contributed by atoms with Gasteiger partial charge in [0.2, 0.25) is 0 Å². The molecule has 1 fully saturated rings. The summed E-state index contributed by atoms with van der Waals surface area (Å²) >= 11 is 0. The zero-order valence-corrected chi connectivity index (χ0v) is 15.8. The summed E-state index contributed by atoms with van der Waals surface area (Å²) in [6.07, 6.45) is 1.68. The molecule has 2 aromatic rings. The molecule has 3 rings (SSSR count). The van der Waals surface area contributed by atoms with Crippen molar-refractivity contribution in [3.63, 3.8) is 0 Å². The third kappa shape index (κ3) is 4.13. The molecular formula is C18H23FN4O2S. The molecule has 0 aliphatic carbocycles. The largest absolute Gasteiger partial charge is 0.368 e. The number of hydrogen-bond acceptors (Lipinski definition) is 5. The first-order chi connectivity index (χ1) is 12.4. The zero-order valence-electron chi connectivity index (χ0n) is 14.9. The molecular weight excluding hydrogens is 355 g/mol. The number of aromatic nitrogens is 1.